The number of aryl methyl sites for hydroxylation is 1. The zero-order chi connectivity index (χ0) is 27.4. The Labute approximate surface area is 236 Å². The van der Waals surface area contributed by atoms with E-state index >= 15 is 4.39 Å². The zero-order valence-corrected chi connectivity index (χ0v) is 23.5. The van der Waals surface area contributed by atoms with Gasteiger partial charge in [0.2, 0.25) is 0 Å². The third kappa shape index (κ3) is 4.90. The SMILES string of the molecule is CCOc1cc(CC)cc(C(O)c2nc(Br)cn2C(c2ccccc2)(c2ccccc2)c2ccccc2)c1F. The van der Waals surface area contributed by atoms with Gasteiger partial charge < -0.3 is 14.4 Å². The topological polar surface area (TPSA) is 47.3 Å². The van der Waals surface area contributed by atoms with E-state index in [1.165, 1.54) is 0 Å². The van der Waals surface area contributed by atoms with Crippen molar-refractivity contribution in [2.75, 3.05) is 6.61 Å². The Bertz CT molecular complexity index is 1440. The lowest BCUT2D eigenvalue weighted by molar-refractivity contribution is 0.193. The average molecular weight is 586 g/mol. The van der Waals surface area contributed by atoms with Crippen LogP contribution in [0.15, 0.2) is 114 Å². The maximum atomic E-state index is 15.8. The summed E-state index contributed by atoms with van der Waals surface area (Å²) in [5.41, 5.74) is 2.99. The number of hydrogen-bond acceptors (Lipinski definition) is 3. The van der Waals surface area contributed by atoms with Crippen molar-refractivity contribution in [2.45, 2.75) is 31.9 Å². The Balaban J connectivity index is 1.84. The molecule has 1 aromatic heterocycles. The standard InChI is InChI=1S/C33H30BrFN2O2/c1-3-23-20-27(30(35)28(21-23)39-4-2)31(38)32-36-29(34)22-37(32)33(24-14-8-5-9-15-24,25-16-10-6-11-17-25)26-18-12-7-13-19-26/h5-22,31,38H,3-4H2,1-2H3. The van der Waals surface area contributed by atoms with Crippen LogP contribution in [-0.2, 0) is 12.0 Å². The van der Waals surface area contributed by atoms with E-state index < -0.39 is 17.5 Å². The van der Waals surface area contributed by atoms with Crippen molar-refractivity contribution in [1.82, 2.24) is 9.55 Å². The molecule has 1 unspecified atom stereocenters. The van der Waals surface area contributed by atoms with Crippen LogP contribution in [0.3, 0.4) is 0 Å². The number of nitrogens with zero attached hydrogens (tertiary/aromatic N) is 2. The summed E-state index contributed by atoms with van der Waals surface area (Å²) >= 11 is 3.56. The number of aliphatic hydroxyl groups excluding tert-OH is 1. The predicted octanol–water partition coefficient (Wildman–Crippen LogP) is 7.67. The van der Waals surface area contributed by atoms with Crippen LogP contribution in [-0.4, -0.2) is 21.3 Å². The predicted molar refractivity (Wildman–Crippen MR) is 156 cm³/mol. The summed E-state index contributed by atoms with van der Waals surface area (Å²) in [6, 6.07) is 33.7. The molecule has 1 heterocycles. The van der Waals surface area contributed by atoms with Gasteiger partial charge in [-0.25, -0.2) is 9.37 Å². The van der Waals surface area contributed by atoms with Crippen LogP contribution >= 0.6 is 15.9 Å². The molecule has 0 amide bonds. The molecule has 5 rings (SSSR count). The highest BCUT2D eigenvalue weighted by molar-refractivity contribution is 9.10. The molecule has 6 heteroatoms. The monoisotopic (exact) mass is 584 g/mol. The lowest BCUT2D eigenvalue weighted by atomic mass is 9.76. The molecule has 0 bridgehead atoms. The van der Waals surface area contributed by atoms with Crippen LogP contribution in [0.25, 0.3) is 0 Å². The quantitative estimate of drug-likeness (QED) is 0.181. The van der Waals surface area contributed by atoms with Gasteiger partial charge in [-0.1, -0.05) is 97.9 Å². The first kappa shape index (κ1) is 26.9. The van der Waals surface area contributed by atoms with Crippen molar-refractivity contribution >= 4 is 15.9 Å². The van der Waals surface area contributed by atoms with Gasteiger partial charge in [0.15, 0.2) is 11.6 Å². The summed E-state index contributed by atoms with van der Waals surface area (Å²) < 4.78 is 23.9. The van der Waals surface area contributed by atoms with Crippen LogP contribution in [0, 0.1) is 5.82 Å². The van der Waals surface area contributed by atoms with Crippen molar-refractivity contribution in [2.24, 2.45) is 0 Å². The fourth-order valence-corrected chi connectivity index (χ4v) is 5.65. The molecule has 39 heavy (non-hydrogen) atoms. The van der Waals surface area contributed by atoms with E-state index in [1.54, 1.807) is 12.1 Å². The lowest BCUT2D eigenvalue weighted by Crippen LogP contribution is -2.39. The first-order valence-electron chi connectivity index (χ1n) is 13.1. The van der Waals surface area contributed by atoms with E-state index in [0.29, 0.717) is 23.5 Å². The number of ether oxygens (including phenoxy) is 1. The van der Waals surface area contributed by atoms with E-state index in [0.717, 1.165) is 22.3 Å². The molecule has 0 fully saturated rings. The maximum absolute atomic E-state index is 15.8. The van der Waals surface area contributed by atoms with Crippen molar-refractivity contribution in [3.8, 4) is 5.75 Å². The summed E-state index contributed by atoms with van der Waals surface area (Å²) in [5.74, 6) is -0.159. The summed E-state index contributed by atoms with van der Waals surface area (Å²) in [6.45, 7) is 4.12. The lowest BCUT2D eigenvalue weighted by Gasteiger charge is -2.39. The van der Waals surface area contributed by atoms with Gasteiger partial charge in [-0.05, 0) is 63.7 Å². The van der Waals surface area contributed by atoms with Crippen molar-refractivity contribution in [3.63, 3.8) is 0 Å². The van der Waals surface area contributed by atoms with Gasteiger partial charge in [0.05, 0.1) is 6.61 Å². The van der Waals surface area contributed by atoms with Crippen molar-refractivity contribution < 1.29 is 14.2 Å². The minimum absolute atomic E-state index is 0.125. The van der Waals surface area contributed by atoms with Crippen molar-refractivity contribution in [3.05, 3.63) is 153 Å². The number of benzene rings is 4. The van der Waals surface area contributed by atoms with Crippen molar-refractivity contribution in [1.29, 1.82) is 0 Å². The number of aliphatic hydroxyl groups is 1. The summed E-state index contributed by atoms with van der Waals surface area (Å²) in [5, 5.41) is 11.9. The second-order valence-electron chi connectivity index (χ2n) is 9.29. The molecule has 4 aromatic carbocycles. The Morgan fingerprint density at radius 3 is 1.85 bits per heavy atom. The third-order valence-electron chi connectivity index (χ3n) is 7.01. The van der Waals surface area contributed by atoms with Gasteiger partial charge in [0.1, 0.15) is 22.1 Å². The number of imidazole rings is 1. The van der Waals surface area contributed by atoms with E-state index in [2.05, 4.69) is 52.3 Å². The minimum atomic E-state index is -1.36. The Kier molecular flexibility index (Phi) is 7.96. The molecule has 0 spiro atoms. The first-order chi connectivity index (χ1) is 19.0. The highest BCUT2D eigenvalue weighted by atomic mass is 79.9. The third-order valence-corrected chi connectivity index (χ3v) is 7.40. The van der Waals surface area contributed by atoms with Crippen LogP contribution in [0.1, 0.15) is 53.6 Å². The molecule has 198 valence electrons. The normalized spacial score (nSPS) is 12.3. The second-order valence-corrected chi connectivity index (χ2v) is 10.1. The maximum Gasteiger partial charge on any atom is 0.171 e. The molecule has 0 aliphatic carbocycles. The highest BCUT2D eigenvalue weighted by Crippen LogP contribution is 2.44. The van der Waals surface area contributed by atoms with Gasteiger partial charge in [-0.3, -0.25) is 0 Å². The Morgan fingerprint density at radius 2 is 1.38 bits per heavy atom. The Morgan fingerprint density at radius 1 is 0.872 bits per heavy atom. The van der Waals surface area contributed by atoms with Crippen LogP contribution in [0.5, 0.6) is 5.75 Å². The zero-order valence-electron chi connectivity index (χ0n) is 21.9. The van der Waals surface area contributed by atoms with Crippen LogP contribution in [0.4, 0.5) is 4.39 Å². The molecular weight excluding hydrogens is 555 g/mol. The molecule has 0 aliphatic heterocycles. The van der Waals surface area contributed by atoms with Gasteiger partial charge in [-0.2, -0.15) is 0 Å². The van der Waals surface area contributed by atoms with Crippen LogP contribution in [0.2, 0.25) is 0 Å². The molecule has 4 nitrogen and oxygen atoms in total. The number of rotatable bonds is 9. The molecule has 0 saturated carbocycles. The summed E-state index contributed by atoms with van der Waals surface area (Å²) in [7, 11) is 0. The molecule has 0 saturated heterocycles. The molecule has 1 N–H and O–H groups in total. The number of halogens is 2. The molecule has 5 aromatic rings. The van der Waals surface area contributed by atoms with Gasteiger partial charge in [0.25, 0.3) is 0 Å². The molecule has 1 atom stereocenters. The van der Waals surface area contributed by atoms with Gasteiger partial charge >= 0.3 is 0 Å². The fourth-order valence-electron chi connectivity index (χ4n) is 5.26. The van der Waals surface area contributed by atoms with Crippen LogP contribution < -0.4 is 4.74 Å². The second kappa shape index (κ2) is 11.6. The number of hydrogen-bond donors (Lipinski definition) is 1. The first-order valence-corrected chi connectivity index (χ1v) is 13.8. The van der Waals surface area contributed by atoms with E-state index in [4.69, 9.17) is 9.72 Å². The highest BCUT2D eigenvalue weighted by Gasteiger charge is 2.41. The molecule has 0 aliphatic rings. The Hall–Kier alpha value is -3.74. The van der Waals surface area contributed by atoms with E-state index in [9.17, 15) is 5.11 Å². The summed E-state index contributed by atoms with van der Waals surface area (Å²) in [4.78, 5) is 4.72. The largest absolute Gasteiger partial charge is 0.491 e. The fraction of sp³-hybridized carbons (Fsp3) is 0.182. The minimum Gasteiger partial charge on any atom is -0.491 e. The average Bonchev–Trinajstić information content (AvgIpc) is 3.37. The molecule has 0 radical (unpaired) electrons. The summed E-state index contributed by atoms with van der Waals surface area (Å²) in [6.07, 6.45) is 1.16. The van der Waals surface area contributed by atoms with E-state index in [1.807, 2.05) is 79.2 Å². The van der Waals surface area contributed by atoms with E-state index in [-0.39, 0.29) is 11.3 Å². The number of aromatic nitrogens is 2. The van der Waals surface area contributed by atoms with Gasteiger partial charge in [-0.15, -0.1) is 0 Å². The smallest absolute Gasteiger partial charge is 0.171 e. The van der Waals surface area contributed by atoms with Gasteiger partial charge in [0, 0.05) is 11.8 Å². The molecular formula is C33H30BrFN2O2.